The van der Waals surface area contributed by atoms with Crippen molar-refractivity contribution >= 4 is 144 Å². The summed E-state index contributed by atoms with van der Waals surface area (Å²) in [5, 5.41) is 20.4. The Morgan fingerprint density at radius 1 is 0.272 bits per heavy atom. The topological polar surface area (TPSA) is 6.48 Å². The molecule has 17 rings (SSSR count). The highest BCUT2D eigenvalue weighted by molar-refractivity contribution is 6.50. The van der Waals surface area contributed by atoms with E-state index in [1.807, 2.05) is 0 Å². The predicted octanol–water partition coefficient (Wildman–Crippen LogP) is 26.2. The maximum Gasteiger partial charge on any atom is 0.0547 e. The SMILES string of the molecule is Cc1ccc(/C(=C/c2ccc(N(c3ccc(C)cc3)c3ccc4c5cccc6cccc(c65)c5c6c(N(c7ccc(C)cc7)c7ccc(/C=C(/c8ccc(C)cc8)C8CCCCC8)cc7)ccc7c8cccc9cccc(c98)c(c3c45)c76)cc2)C2CCCCC2)cc1. The molecule has 15 aromatic carbocycles. The van der Waals surface area contributed by atoms with Crippen LogP contribution in [0.3, 0.4) is 0 Å². The molecule has 2 aliphatic rings. The number of aryl methyl sites for hydroxylation is 4. The lowest BCUT2D eigenvalue weighted by Gasteiger charge is -2.32. The van der Waals surface area contributed by atoms with Crippen LogP contribution in [0.4, 0.5) is 34.1 Å². The molecule has 15 aromatic rings. The van der Waals surface area contributed by atoms with E-state index in [4.69, 9.17) is 0 Å². The summed E-state index contributed by atoms with van der Waals surface area (Å²) >= 11 is 0. The predicted molar refractivity (Wildman–Crippen MR) is 399 cm³/mol. The molecule has 92 heavy (non-hydrogen) atoms. The first-order valence-corrected chi connectivity index (χ1v) is 33.9. The van der Waals surface area contributed by atoms with Gasteiger partial charge in [-0.2, -0.15) is 0 Å². The zero-order valence-electron chi connectivity index (χ0n) is 53.4. The first kappa shape index (κ1) is 56.0. The Morgan fingerprint density at radius 2 is 0.565 bits per heavy atom. The lowest BCUT2D eigenvalue weighted by Crippen LogP contribution is -2.12. The van der Waals surface area contributed by atoms with Crippen LogP contribution in [0.5, 0.6) is 0 Å². The summed E-state index contributed by atoms with van der Waals surface area (Å²) in [5.41, 5.74) is 20.0. The van der Waals surface area contributed by atoms with Crippen LogP contribution < -0.4 is 9.80 Å². The minimum Gasteiger partial charge on any atom is -0.310 e. The van der Waals surface area contributed by atoms with Crippen LogP contribution in [0, 0.1) is 39.5 Å². The summed E-state index contributed by atoms with van der Waals surface area (Å²) in [7, 11) is 0. The summed E-state index contributed by atoms with van der Waals surface area (Å²) < 4.78 is 0. The molecule has 0 heterocycles. The van der Waals surface area contributed by atoms with Crippen molar-refractivity contribution in [2.75, 3.05) is 9.80 Å². The quantitative estimate of drug-likeness (QED) is 0.0683. The van der Waals surface area contributed by atoms with E-state index in [1.165, 1.54) is 206 Å². The van der Waals surface area contributed by atoms with Crippen LogP contribution in [0.15, 0.2) is 243 Å². The fourth-order valence-corrected chi connectivity index (χ4v) is 16.6. The van der Waals surface area contributed by atoms with Crippen molar-refractivity contribution in [3.63, 3.8) is 0 Å². The summed E-state index contributed by atoms with van der Waals surface area (Å²) in [6.07, 6.45) is 17.8. The van der Waals surface area contributed by atoms with Crippen LogP contribution in [0.25, 0.3) is 109 Å². The van der Waals surface area contributed by atoms with Crippen molar-refractivity contribution in [3.05, 3.63) is 287 Å². The number of fused-ring (bicyclic) bond motifs is 6. The molecule has 0 aromatic heterocycles. The van der Waals surface area contributed by atoms with Gasteiger partial charge in [0.25, 0.3) is 0 Å². The zero-order valence-corrected chi connectivity index (χ0v) is 53.4. The summed E-state index contributed by atoms with van der Waals surface area (Å²) in [5.74, 6) is 1.10. The maximum absolute atomic E-state index is 2.57. The van der Waals surface area contributed by atoms with Gasteiger partial charge in [-0.3, -0.25) is 0 Å². The van der Waals surface area contributed by atoms with E-state index >= 15 is 0 Å². The van der Waals surface area contributed by atoms with Gasteiger partial charge in [-0.25, -0.2) is 0 Å². The van der Waals surface area contributed by atoms with Crippen LogP contribution in [-0.2, 0) is 0 Å². The Kier molecular flexibility index (Phi) is 14.0. The molecule has 0 radical (unpaired) electrons. The minimum absolute atomic E-state index is 0.552. The van der Waals surface area contributed by atoms with E-state index in [9.17, 15) is 0 Å². The normalized spacial score (nSPS) is 14.8. The molecule has 0 spiro atoms. The third-order valence-electron chi connectivity index (χ3n) is 21.2. The first-order chi connectivity index (χ1) is 45.3. The van der Waals surface area contributed by atoms with Gasteiger partial charge in [0.15, 0.2) is 0 Å². The molecule has 0 saturated heterocycles. The second-order valence-electron chi connectivity index (χ2n) is 27.1. The standard InChI is InChI=1S/C90H76N2/c1-57-27-39-65(40-28-57)79(63-15-7-5-8-16-63)55-61-35-47-71(48-36-61)91(69-43-31-59(3)32-44-69)81-53-51-75-73-23-11-20-68-22-14-26-78(84(68)73)88-85(75)89(81)87-77-25-13-21-67-19-12-24-74(83(67)77)76-52-54-82(90(88)86(76)87)92(70-45-33-60(4)34-46-70)72-49-37-62(38-50-72)56-80(64-17-9-6-10-18-64)66-41-29-58(2)30-42-66/h11-14,19-56,63-64H,5-10,15-18H2,1-4H3/b79-55+,80-56+. The number of nitrogens with zero attached hydrogens (tertiary/aromatic N) is 2. The third kappa shape index (κ3) is 9.60. The molecule has 2 heteroatoms. The number of benzene rings is 15. The van der Waals surface area contributed by atoms with Crippen LogP contribution in [-0.4, -0.2) is 0 Å². The maximum atomic E-state index is 2.57. The van der Waals surface area contributed by atoms with Crippen molar-refractivity contribution in [2.24, 2.45) is 11.8 Å². The molecule has 0 amide bonds. The lowest BCUT2D eigenvalue weighted by molar-refractivity contribution is 0.430. The Bertz CT molecular complexity index is 4980. The largest absolute Gasteiger partial charge is 0.310 e. The van der Waals surface area contributed by atoms with Gasteiger partial charge in [0, 0.05) is 55.1 Å². The first-order valence-electron chi connectivity index (χ1n) is 33.9. The number of hydrogen-bond donors (Lipinski definition) is 0. The smallest absolute Gasteiger partial charge is 0.0547 e. The monoisotopic (exact) mass is 1180 g/mol. The molecule has 0 unspecified atom stereocenters. The molecule has 2 nitrogen and oxygen atoms in total. The Balaban J connectivity index is 0.959. The Labute approximate surface area is 541 Å². The van der Waals surface area contributed by atoms with E-state index < -0.39 is 0 Å². The van der Waals surface area contributed by atoms with Gasteiger partial charge in [-0.15, -0.1) is 0 Å². The second-order valence-corrected chi connectivity index (χ2v) is 27.1. The van der Waals surface area contributed by atoms with Crippen molar-refractivity contribution in [2.45, 2.75) is 91.9 Å². The van der Waals surface area contributed by atoms with Crippen molar-refractivity contribution in [1.82, 2.24) is 0 Å². The van der Waals surface area contributed by atoms with E-state index in [0.717, 1.165) is 34.1 Å². The van der Waals surface area contributed by atoms with E-state index in [1.54, 1.807) is 0 Å². The minimum atomic E-state index is 0.552. The fourth-order valence-electron chi connectivity index (χ4n) is 16.6. The van der Waals surface area contributed by atoms with Gasteiger partial charge in [0.2, 0.25) is 0 Å². The van der Waals surface area contributed by atoms with Gasteiger partial charge in [-0.05, 0) is 213 Å². The summed E-state index contributed by atoms with van der Waals surface area (Å²) in [4.78, 5) is 5.14. The summed E-state index contributed by atoms with van der Waals surface area (Å²) in [6, 6.07) is 93.8. The van der Waals surface area contributed by atoms with Crippen LogP contribution in [0.1, 0.15) is 109 Å². The number of allylic oxidation sites excluding steroid dienone is 2. The lowest BCUT2D eigenvalue weighted by atomic mass is 9.80. The highest BCUT2D eigenvalue weighted by Gasteiger charge is 2.30. The van der Waals surface area contributed by atoms with Crippen LogP contribution >= 0.6 is 0 Å². The van der Waals surface area contributed by atoms with Crippen LogP contribution in [0.2, 0.25) is 0 Å². The molecule has 0 aliphatic heterocycles. The highest BCUT2D eigenvalue weighted by Crippen LogP contribution is 2.57. The van der Waals surface area contributed by atoms with E-state index in [0.29, 0.717) is 11.8 Å². The average molecular weight is 1190 g/mol. The van der Waals surface area contributed by atoms with Crippen molar-refractivity contribution in [3.8, 4) is 0 Å². The molecule has 2 fully saturated rings. The third-order valence-corrected chi connectivity index (χ3v) is 21.2. The molecule has 446 valence electrons. The molecule has 2 aliphatic carbocycles. The van der Waals surface area contributed by atoms with Crippen molar-refractivity contribution in [1.29, 1.82) is 0 Å². The molecule has 0 N–H and O–H groups in total. The van der Waals surface area contributed by atoms with Gasteiger partial charge < -0.3 is 9.80 Å². The molecule has 0 atom stereocenters. The van der Waals surface area contributed by atoms with Gasteiger partial charge in [-0.1, -0.05) is 255 Å². The highest BCUT2D eigenvalue weighted by atomic mass is 15.2. The number of hydrogen-bond acceptors (Lipinski definition) is 2. The molecular formula is C90H76N2. The van der Waals surface area contributed by atoms with Gasteiger partial charge in [0.1, 0.15) is 0 Å². The van der Waals surface area contributed by atoms with Gasteiger partial charge >= 0.3 is 0 Å². The molecular weight excluding hydrogens is 1110 g/mol. The van der Waals surface area contributed by atoms with E-state index in [2.05, 4.69) is 292 Å². The number of anilines is 6. The van der Waals surface area contributed by atoms with E-state index in [-0.39, 0.29) is 0 Å². The Hall–Kier alpha value is -10.0. The fraction of sp³-hybridized carbons (Fsp3) is 0.178. The second kappa shape index (κ2) is 23.0. The average Bonchev–Trinajstić information content (AvgIpc) is 0.675. The van der Waals surface area contributed by atoms with Crippen molar-refractivity contribution < 1.29 is 0 Å². The Morgan fingerprint density at radius 3 is 0.913 bits per heavy atom. The molecule has 0 bridgehead atoms. The molecule has 2 saturated carbocycles. The summed E-state index contributed by atoms with van der Waals surface area (Å²) in [6.45, 7) is 8.79. The van der Waals surface area contributed by atoms with Gasteiger partial charge in [0.05, 0.1) is 11.4 Å². The number of rotatable bonds is 12. The zero-order chi connectivity index (χ0) is 61.6.